The monoisotopic (exact) mass is 789 g/mol. The summed E-state index contributed by atoms with van der Waals surface area (Å²) in [6.45, 7) is 0. The van der Waals surface area contributed by atoms with Gasteiger partial charge in [-0.3, -0.25) is 4.98 Å². The zero-order valence-electron chi connectivity index (χ0n) is 34.1. The molecule has 0 spiro atoms. The number of aromatic nitrogens is 4. The molecule has 0 saturated heterocycles. The first-order valence-electron chi connectivity index (χ1n) is 20.3. The molecule has 0 fully saturated rings. The van der Waals surface area contributed by atoms with Gasteiger partial charge in [-0.15, -0.1) is 0 Å². The predicted molar refractivity (Wildman–Crippen MR) is 247 cm³/mol. The minimum atomic E-state index is 0. The molecule has 6 heteroatoms. The van der Waals surface area contributed by atoms with Crippen molar-refractivity contribution in [1.29, 1.82) is 0 Å². The summed E-state index contributed by atoms with van der Waals surface area (Å²) in [5.41, 5.74) is 12.5. The quantitative estimate of drug-likeness (QED) is 0.157. The molecule has 8 aromatic carbocycles. The minimum Gasteiger partial charge on any atom is -0.868 e. The molecule has 0 aliphatic carbocycles. The Kier molecular flexibility index (Phi) is 11.5. The average molecular weight is 790 g/mol. The largest absolute Gasteiger partial charge is 1.00 e. The maximum absolute atomic E-state index is 11.1. The van der Waals surface area contributed by atoms with Gasteiger partial charge in [0.25, 0.3) is 0 Å². The number of pyridine rings is 2. The number of hydrogen-bond donors (Lipinski definition) is 0. The van der Waals surface area contributed by atoms with Crippen LogP contribution in [0.25, 0.3) is 99.7 Å². The first-order valence-corrected chi connectivity index (χ1v) is 20.3. The van der Waals surface area contributed by atoms with Crippen LogP contribution in [0.3, 0.4) is 0 Å². The van der Waals surface area contributed by atoms with Gasteiger partial charge in [-0.25, -0.2) is 15.0 Å². The van der Waals surface area contributed by atoms with E-state index < -0.39 is 0 Å². The molecule has 0 bridgehead atoms. The fraction of sp³-hybridized carbons (Fsp3) is 0. The number of H-pyrrole nitrogens is 1. The molecule has 0 saturated carbocycles. The summed E-state index contributed by atoms with van der Waals surface area (Å²) >= 11 is 0. The van der Waals surface area contributed by atoms with E-state index >= 15 is 0 Å². The molecule has 11 aromatic rings. The summed E-state index contributed by atoms with van der Waals surface area (Å²) in [5.74, 6) is 0.744. The Labute approximate surface area is 372 Å². The molecule has 11 rings (SSSR count). The van der Waals surface area contributed by atoms with E-state index in [9.17, 15) is 5.11 Å². The van der Waals surface area contributed by atoms with Gasteiger partial charge in [0.2, 0.25) is 5.52 Å². The zero-order chi connectivity index (χ0) is 41.0. The van der Waals surface area contributed by atoms with Crippen molar-refractivity contribution in [2.45, 2.75) is 0 Å². The van der Waals surface area contributed by atoms with Crippen molar-refractivity contribution in [2.24, 2.45) is 0 Å². The Bertz CT molecular complexity index is 3280. The standard InChI is InChI=1S/C47H31N3.C9H7NO.Li/c1-3-13-41-35(8-1)10-5-15-42(41)37-23-27-39(28-24-37)47-49-45(30-46(50-47)44-16-6-11-36-9-2-4-14-43(36)44)38-25-21-33(22-26-38)32-17-19-34(20-18-32)40-12-7-29-48-31-40;11-8-5-1-3-7-4-2-6-10-9(7)8;/h1-31H;1-6,11H;/q;;+1. The molecule has 62 heavy (non-hydrogen) atoms. The van der Waals surface area contributed by atoms with E-state index in [1.54, 1.807) is 24.5 Å². The fourth-order valence-electron chi connectivity index (χ4n) is 7.93. The molecule has 3 aromatic heterocycles. The van der Waals surface area contributed by atoms with E-state index in [-0.39, 0.29) is 24.6 Å². The Morgan fingerprint density at radius 3 is 1.56 bits per heavy atom. The molecule has 0 aliphatic rings. The Morgan fingerprint density at radius 2 is 0.903 bits per heavy atom. The van der Waals surface area contributed by atoms with Crippen molar-refractivity contribution < 1.29 is 29.0 Å². The average Bonchev–Trinajstić information content (AvgIpc) is 3.34. The van der Waals surface area contributed by atoms with Crippen molar-refractivity contribution in [3.63, 3.8) is 0 Å². The van der Waals surface area contributed by atoms with Crippen molar-refractivity contribution in [3.8, 4) is 73.0 Å². The summed E-state index contributed by atoms with van der Waals surface area (Å²) in [6, 6.07) is 71.0. The van der Waals surface area contributed by atoms with E-state index in [0.29, 0.717) is 11.3 Å². The van der Waals surface area contributed by atoms with E-state index in [4.69, 9.17) is 9.97 Å². The van der Waals surface area contributed by atoms with Gasteiger partial charge in [-0.2, -0.15) is 0 Å². The van der Waals surface area contributed by atoms with Gasteiger partial charge in [-0.05, 0) is 84.9 Å². The second-order valence-electron chi connectivity index (χ2n) is 14.9. The second-order valence-corrected chi connectivity index (χ2v) is 14.9. The molecule has 0 amide bonds. The van der Waals surface area contributed by atoms with Crippen LogP contribution in [0.4, 0.5) is 0 Å². The van der Waals surface area contributed by atoms with Crippen LogP contribution in [0.2, 0.25) is 0 Å². The van der Waals surface area contributed by atoms with Gasteiger partial charge < -0.3 is 5.11 Å². The Balaban J connectivity index is 0.000000355. The molecule has 288 valence electrons. The number of nitrogens with zero attached hydrogens (tertiary/aromatic N) is 3. The molecule has 5 nitrogen and oxygen atoms in total. The molecule has 0 atom stereocenters. The first-order chi connectivity index (χ1) is 30.1. The SMILES string of the molecule is [Li+].[O-]c1cccc2ccc[nH+]c12.c1cncc(-c2ccc(-c3ccc(-c4cc(-c5cccc6ccccc56)nc(-c5ccc(-c6cccc7ccccc67)cc5)n4)cc3)cc2)c1. The minimum absolute atomic E-state index is 0. The van der Waals surface area contributed by atoms with Crippen LogP contribution >= 0.6 is 0 Å². The third-order valence-electron chi connectivity index (χ3n) is 11.1. The van der Waals surface area contributed by atoms with Crippen LogP contribution in [0.1, 0.15) is 0 Å². The van der Waals surface area contributed by atoms with Crippen molar-refractivity contribution >= 4 is 32.4 Å². The number of fused-ring (bicyclic) bond motifs is 3. The molecule has 3 heterocycles. The van der Waals surface area contributed by atoms with Crippen LogP contribution in [0, 0.1) is 0 Å². The summed E-state index contributed by atoms with van der Waals surface area (Å²) in [6.07, 6.45) is 5.45. The van der Waals surface area contributed by atoms with Gasteiger partial charge >= 0.3 is 18.9 Å². The van der Waals surface area contributed by atoms with Crippen molar-refractivity contribution in [1.82, 2.24) is 15.0 Å². The second kappa shape index (κ2) is 17.9. The number of rotatable bonds is 6. The predicted octanol–water partition coefficient (Wildman–Crippen LogP) is 9.91. The zero-order valence-corrected chi connectivity index (χ0v) is 34.1. The van der Waals surface area contributed by atoms with Gasteiger partial charge in [0.1, 0.15) is 0 Å². The van der Waals surface area contributed by atoms with E-state index in [1.165, 1.54) is 32.7 Å². The van der Waals surface area contributed by atoms with Crippen LogP contribution in [-0.2, 0) is 0 Å². The molecular weight excluding hydrogens is 752 g/mol. The maximum atomic E-state index is 11.1. The van der Waals surface area contributed by atoms with Crippen LogP contribution in [0.15, 0.2) is 225 Å². The number of benzene rings is 8. The molecule has 0 unspecified atom stereocenters. The summed E-state index contributed by atoms with van der Waals surface area (Å²) < 4.78 is 0. The summed E-state index contributed by atoms with van der Waals surface area (Å²) in [7, 11) is 0. The van der Waals surface area contributed by atoms with Crippen LogP contribution < -0.4 is 29.0 Å². The van der Waals surface area contributed by atoms with Crippen LogP contribution in [-0.4, -0.2) is 15.0 Å². The maximum Gasteiger partial charge on any atom is 1.00 e. The van der Waals surface area contributed by atoms with Gasteiger partial charge in [0.05, 0.1) is 11.4 Å². The van der Waals surface area contributed by atoms with Gasteiger partial charge in [-0.1, -0.05) is 176 Å². The first kappa shape index (κ1) is 39.8. The van der Waals surface area contributed by atoms with Crippen molar-refractivity contribution in [3.05, 3.63) is 225 Å². The Hall–Kier alpha value is -7.68. The number of hydrogen-bond acceptors (Lipinski definition) is 4. The summed E-state index contributed by atoms with van der Waals surface area (Å²) in [4.78, 5) is 17.5. The molecule has 0 radical (unpaired) electrons. The van der Waals surface area contributed by atoms with E-state index in [0.717, 1.165) is 55.7 Å². The smallest absolute Gasteiger partial charge is 0.868 e. The normalized spacial score (nSPS) is 10.8. The van der Waals surface area contributed by atoms with Gasteiger partial charge in [0, 0.05) is 40.5 Å². The van der Waals surface area contributed by atoms with E-state index in [2.05, 4.69) is 180 Å². The third kappa shape index (κ3) is 8.24. The van der Waals surface area contributed by atoms with E-state index in [1.807, 2.05) is 30.5 Å². The van der Waals surface area contributed by atoms with Crippen LogP contribution in [0.5, 0.6) is 5.75 Å². The number of aromatic amines is 1. The molecule has 0 aliphatic heterocycles. The van der Waals surface area contributed by atoms with Gasteiger partial charge in [0.15, 0.2) is 12.0 Å². The summed E-state index contributed by atoms with van der Waals surface area (Å²) in [5, 5.41) is 16.9. The number of nitrogens with one attached hydrogen (secondary N) is 1. The molecular formula is C56H38LiN4O+. The third-order valence-corrected chi connectivity index (χ3v) is 11.1. The molecule has 1 N–H and O–H groups in total. The fourth-order valence-corrected chi connectivity index (χ4v) is 7.93. The Morgan fingerprint density at radius 1 is 0.387 bits per heavy atom. The topological polar surface area (TPSA) is 75.9 Å². The van der Waals surface area contributed by atoms with Crippen molar-refractivity contribution in [2.75, 3.05) is 0 Å². The number of para-hydroxylation sites is 1.